The van der Waals surface area contributed by atoms with Crippen LogP contribution in [0.3, 0.4) is 0 Å². The Kier molecular flexibility index (Phi) is 4.51. The molecule has 17 heavy (non-hydrogen) atoms. The summed E-state index contributed by atoms with van der Waals surface area (Å²) >= 11 is 0. The van der Waals surface area contributed by atoms with Crippen LogP contribution in [-0.2, 0) is 9.84 Å². The SMILES string of the molecule is CCC(CC)CS(=O)(=O)c1ccc(N)c(F)c1. The maximum absolute atomic E-state index is 13.2. The molecule has 0 aromatic heterocycles. The molecule has 0 saturated heterocycles. The number of nitrogen functional groups attached to an aromatic ring is 1. The third kappa shape index (κ3) is 3.43. The number of rotatable bonds is 5. The molecule has 5 heteroatoms. The fourth-order valence-electron chi connectivity index (χ4n) is 1.63. The van der Waals surface area contributed by atoms with Gasteiger partial charge in [0.2, 0.25) is 0 Å². The van der Waals surface area contributed by atoms with Gasteiger partial charge in [0.1, 0.15) is 5.82 Å². The van der Waals surface area contributed by atoms with Gasteiger partial charge in [0.05, 0.1) is 16.3 Å². The van der Waals surface area contributed by atoms with Gasteiger partial charge < -0.3 is 5.73 Å². The van der Waals surface area contributed by atoms with E-state index in [2.05, 4.69) is 0 Å². The van der Waals surface area contributed by atoms with Crippen molar-refractivity contribution < 1.29 is 12.8 Å². The van der Waals surface area contributed by atoms with Gasteiger partial charge in [0.15, 0.2) is 9.84 Å². The van der Waals surface area contributed by atoms with Crippen molar-refractivity contribution >= 4 is 15.5 Å². The molecular formula is C12H18FNO2S. The normalized spacial score (nSPS) is 12.0. The molecule has 0 spiro atoms. The lowest BCUT2D eigenvalue weighted by Crippen LogP contribution is -2.15. The zero-order chi connectivity index (χ0) is 13.1. The van der Waals surface area contributed by atoms with Crippen molar-refractivity contribution in [2.24, 2.45) is 5.92 Å². The molecule has 0 aliphatic rings. The Hall–Kier alpha value is -1.10. The van der Waals surface area contributed by atoms with E-state index in [0.29, 0.717) is 0 Å². The molecule has 3 nitrogen and oxygen atoms in total. The zero-order valence-corrected chi connectivity index (χ0v) is 10.9. The van der Waals surface area contributed by atoms with E-state index in [1.54, 1.807) is 0 Å². The highest BCUT2D eigenvalue weighted by Crippen LogP contribution is 2.21. The van der Waals surface area contributed by atoms with Gasteiger partial charge in [-0.3, -0.25) is 0 Å². The maximum atomic E-state index is 13.2. The molecule has 1 aromatic carbocycles. The number of sulfone groups is 1. The van der Waals surface area contributed by atoms with Crippen LogP contribution in [0.25, 0.3) is 0 Å². The van der Waals surface area contributed by atoms with E-state index < -0.39 is 15.7 Å². The molecule has 0 bridgehead atoms. The highest BCUT2D eigenvalue weighted by atomic mass is 32.2. The summed E-state index contributed by atoms with van der Waals surface area (Å²) < 4.78 is 37.3. The Labute approximate surface area is 102 Å². The monoisotopic (exact) mass is 259 g/mol. The van der Waals surface area contributed by atoms with Crippen LogP contribution in [-0.4, -0.2) is 14.2 Å². The molecule has 0 unspecified atom stereocenters. The minimum absolute atomic E-state index is 0.0103. The lowest BCUT2D eigenvalue weighted by Gasteiger charge is -2.12. The maximum Gasteiger partial charge on any atom is 0.178 e. The number of nitrogens with two attached hydrogens (primary N) is 1. The fourth-order valence-corrected chi connectivity index (χ4v) is 3.48. The van der Waals surface area contributed by atoms with E-state index >= 15 is 0 Å². The summed E-state index contributed by atoms with van der Waals surface area (Å²) in [6, 6.07) is 3.64. The molecule has 0 atom stereocenters. The summed E-state index contributed by atoms with van der Waals surface area (Å²) in [7, 11) is -3.42. The van der Waals surface area contributed by atoms with Gasteiger partial charge in [-0.2, -0.15) is 0 Å². The van der Waals surface area contributed by atoms with Crippen LogP contribution >= 0.6 is 0 Å². The fraction of sp³-hybridized carbons (Fsp3) is 0.500. The van der Waals surface area contributed by atoms with Gasteiger partial charge >= 0.3 is 0 Å². The summed E-state index contributed by atoms with van der Waals surface area (Å²) in [5.74, 6) is -0.514. The first-order valence-corrected chi connectivity index (χ1v) is 7.33. The quantitative estimate of drug-likeness (QED) is 0.827. The second kappa shape index (κ2) is 5.49. The van der Waals surface area contributed by atoms with Crippen molar-refractivity contribution in [2.75, 3.05) is 11.5 Å². The summed E-state index contributed by atoms with van der Waals surface area (Å²) in [4.78, 5) is 0.0103. The van der Waals surface area contributed by atoms with E-state index in [4.69, 9.17) is 5.73 Å². The smallest absolute Gasteiger partial charge is 0.178 e. The molecule has 0 saturated carbocycles. The van der Waals surface area contributed by atoms with Gasteiger partial charge in [-0.1, -0.05) is 26.7 Å². The lowest BCUT2D eigenvalue weighted by atomic mass is 10.1. The predicted octanol–water partition coefficient (Wildman–Crippen LogP) is 2.62. The van der Waals surface area contributed by atoms with Gasteiger partial charge in [-0.15, -0.1) is 0 Å². The average Bonchev–Trinajstić information content (AvgIpc) is 2.29. The molecule has 0 aliphatic carbocycles. The molecule has 1 aromatic rings. The van der Waals surface area contributed by atoms with Crippen LogP contribution < -0.4 is 5.73 Å². The van der Waals surface area contributed by atoms with Crippen LogP contribution in [0.5, 0.6) is 0 Å². The first-order valence-electron chi connectivity index (χ1n) is 5.68. The predicted molar refractivity (Wildman–Crippen MR) is 66.9 cm³/mol. The van der Waals surface area contributed by atoms with E-state index in [-0.39, 0.29) is 22.3 Å². The molecule has 1 rings (SSSR count). The van der Waals surface area contributed by atoms with Crippen LogP contribution in [0.4, 0.5) is 10.1 Å². The summed E-state index contributed by atoms with van der Waals surface area (Å²) in [5, 5.41) is 0. The van der Waals surface area contributed by atoms with Crippen LogP contribution in [0.15, 0.2) is 23.1 Å². The largest absolute Gasteiger partial charge is 0.396 e. The molecule has 0 radical (unpaired) electrons. The number of hydrogen-bond donors (Lipinski definition) is 1. The summed E-state index contributed by atoms with van der Waals surface area (Å²) in [6.07, 6.45) is 1.60. The summed E-state index contributed by atoms with van der Waals surface area (Å²) in [5.41, 5.74) is 5.28. The highest BCUT2D eigenvalue weighted by Gasteiger charge is 2.20. The van der Waals surface area contributed by atoms with Gasteiger partial charge in [0, 0.05) is 0 Å². The Morgan fingerprint density at radius 3 is 2.35 bits per heavy atom. The van der Waals surface area contributed by atoms with Crippen molar-refractivity contribution in [1.29, 1.82) is 0 Å². The Morgan fingerprint density at radius 2 is 1.88 bits per heavy atom. The second-order valence-corrected chi connectivity index (χ2v) is 6.18. The van der Waals surface area contributed by atoms with Crippen molar-refractivity contribution in [3.63, 3.8) is 0 Å². The molecule has 2 N–H and O–H groups in total. The van der Waals surface area contributed by atoms with Crippen molar-refractivity contribution in [3.8, 4) is 0 Å². The van der Waals surface area contributed by atoms with E-state index in [1.165, 1.54) is 12.1 Å². The minimum atomic E-state index is -3.42. The third-order valence-electron chi connectivity index (χ3n) is 2.94. The van der Waals surface area contributed by atoms with Gasteiger partial charge in [0.25, 0.3) is 0 Å². The minimum Gasteiger partial charge on any atom is -0.396 e. The molecule has 0 amide bonds. The molecule has 0 fully saturated rings. The number of benzene rings is 1. The van der Waals surface area contributed by atoms with Crippen LogP contribution in [0.1, 0.15) is 26.7 Å². The van der Waals surface area contributed by atoms with Crippen LogP contribution in [0, 0.1) is 11.7 Å². The zero-order valence-electron chi connectivity index (χ0n) is 10.1. The molecular weight excluding hydrogens is 241 g/mol. The standard InChI is InChI=1S/C12H18FNO2S/c1-3-9(4-2)8-17(15,16)10-5-6-12(14)11(13)7-10/h5-7,9H,3-4,8,14H2,1-2H3. The Morgan fingerprint density at radius 1 is 1.29 bits per heavy atom. The van der Waals surface area contributed by atoms with Crippen molar-refractivity contribution in [1.82, 2.24) is 0 Å². The van der Waals surface area contributed by atoms with Crippen molar-refractivity contribution in [2.45, 2.75) is 31.6 Å². The number of anilines is 1. The van der Waals surface area contributed by atoms with Gasteiger partial charge in [-0.05, 0) is 24.1 Å². The molecule has 0 heterocycles. The van der Waals surface area contributed by atoms with Crippen LogP contribution in [0.2, 0.25) is 0 Å². The topological polar surface area (TPSA) is 60.2 Å². The Bertz CT molecular complexity index is 481. The first-order chi connectivity index (χ1) is 7.90. The molecule has 96 valence electrons. The van der Waals surface area contributed by atoms with Crippen molar-refractivity contribution in [3.05, 3.63) is 24.0 Å². The lowest BCUT2D eigenvalue weighted by molar-refractivity contribution is 0.523. The summed E-state index contributed by atoms with van der Waals surface area (Å²) in [6.45, 7) is 3.90. The number of hydrogen-bond acceptors (Lipinski definition) is 3. The Balaban J connectivity index is 3.01. The number of halogens is 1. The third-order valence-corrected chi connectivity index (χ3v) is 4.82. The average molecular weight is 259 g/mol. The van der Waals surface area contributed by atoms with E-state index in [1.807, 2.05) is 13.8 Å². The van der Waals surface area contributed by atoms with E-state index in [0.717, 1.165) is 18.9 Å². The van der Waals surface area contributed by atoms with Gasteiger partial charge in [-0.25, -0.2) is 12.8 Å². The first kappa shape index (κ1) is 14.0. The highest BCUT2D eigenvalue weighted by molar-refractivity contribution is 7.91. The van der Waals surface area contributed by atoms with E-state index in [9.17, 15) is 12.8 Å². The second-order valence-electron chi connectivity index (χ2n) is 4.15. The molecule has 0 aliphatic heterocycles.